The van der Waals surface area contributed by atoms with Crippen LogP contribution in [0.5, 0.6) is 0 Å². The number of nitrogens with zero attached hydrogens (tertiary/aromatic N) is 2. The Labute approximate surface area is 149 Å². The van der Waals surface area contributed by atoms with E-state index in [2.05, 4.69) is 28.2 Å². The van der Waals surface area contributed by atoms with Gasteiger partial charge in [-0.2, -0.15) is 0 Å². The highest BCUT2D eigenvalue weighted by atomic mass is 32.2. The van der Waals surface area contributed by atoms with Gasteiger partial charge >= 0.3 is 0 Å². The number of hydrogen-bond donors (Lipinski definition) is 3. The van der Waals surface area contributed by atoms with Crippen LogP contribution in [0.1, 0.15) is 33.1 Å². The molecule has 1 fully saturated rings. The molecule has 4 N–H and O–H groups in total. The Morgan fingerprint density at radius 1 is 1.36 bits per heavy atom. The first-order chi connectivity index (χ1) is 11.8. The number of rotatable bonds is 5. The fourth-order valence-electron chi connectivity index (χ4n) is 2.66. The molecule has 0 amide bonds. The number of anilines is 1. The molecule has 138 valence electrons. The second-order valence-corrected chi connectivity index (χ2v) is 7.64. The van der Waals surface area contributed by atoms with Crippen molar-refractivity contribution in [1.29, 1.82) is 0 Å². The van der Waals surface area contributed by atoms with E-state index in [1.54, 1.807) is 12.1 Å². The van der Waals surface area contributed by atoms with Crippen molar-refractivity contribution in [1.82, 2.24) is 4.90 Å². The molecule has 1 aromatic carbocycles. The summed E-state index contributed by atoms with van der Waals surface area (Å²) in [5, 5.41) is 17.9. The molecule has 0 saturated carbocycles. The smallest absolute Gasteiger partial charge is 0.238 e. The van der Waals surface area contributed by atoms with Gasteiger partial charge in [-0.1, -0.05) is 6.92 Å². The highest BCUT2D eigenvalue weighted by Gasteiger charge is 2.18. The zero-order valence-corrected chi connectivity index (χ0v) is 15.5. The molecule has 1 aromatic rings. The standard InChI is InChI=1S/C17H26N4O3S/c1-3-4-17(21-11-9-15(22)10-12-21)20-13(2)19-14-5-7-16(8-6-14)25(18,23)24/h4-8,15,22H,3,9-12H2,1-2H3,(H,19,20)(H2,18,23,24)/b17-4+. The summed E-state index contributed by atoms with van der Waals surface area (Å²) >= 11 is 0. The van der Waals surface area contributed by atoms with Gasteiger partial charge in [-0.3, -0.25) is 0 Å². The van der Waals surface area contributed by atoms with Crippen molar-refractivity contribution < 1.29 is 13.5 Å². The van der Waals surface area contributed by atoms with Crippen LogP contribution in [0.25, 0.3) is 0 Å². The number of aliphatic hydroxyl groups is 1. The van der Waals surface area contributed by atoms with Crippen LogP contribution in [-0.2, 0) is 10.0 Å². The molecule has 0 unspecified atom stereocenters. The normalized spacial score (nSPS) is 17.7. The quantitative estimate of drug-likeness (QED) is 0.545. The number of nitrogens with two attached hydrogens (primary N) is 1. The lowest BCUT2D eigenvalue weighted by Crippen LogP contribution is -2.35. The molecular formula is C17H26N4O3S. The number of likely N-dealkylation sites (tertiary alicyclic amines) is 1. The van der Waals surface area contributed by atoms with E-state index in [1.165, 1.54) is 12.1 Å². The summed E-state index contributed by atoms with van der Waals surface area (Å²) in [4.78, 5) is 6.90. The molecule has 0 bridgehead atoms. The molecule has 7 nitrogen and oxygen atoms in total. The molecule has 0 atom stereocenters. The van der Waals surface area contributed by atoms with Gasteiger partial charge < -0.3 is 15.3 Å². The summed E-state index contributed by atoms with van der Waals surface area (Å²) in [6, 6.07) is 6.22. The number of benzene rings is 1. The fraction of sp³-hybridized carbons (Fsp3) is 0.471. The second kappa shape index (κ2) is 8.46. The minimum atomic E-state index is -3.69. The molecule has 1 saturated heterocycles. The van der Waals surface area contributed by atoms with E-state index in [9.17, 15) is 13.5 Å². The first-order valence-electron chi connectivity index (χ1n) is 8.38. The van der Waals surface area contributed by atoms with Gasteiger partial charge in [-0.05, 0) is 56.5 Å². The number of hydrogen-bond acceptors (Lipinski definition) is 5. The number of piperidine rings is 1. The highest BCUT2D eigenvalue weighted by Crippen LogP contribution is 2.18. The Hall–Kier alpha value is -1.90. The molecular weight excluding hydrogens is 340 g/mol. The number of sulfonamides is 1. The van der Waals surface area contributed by atoms with Gasteiger partial charge in [-0.15, -0.1) is 0 Å². The predicted octanol–water partition coefficient (Wildman–Crippen LogP) is 1.87. The number of primary sulfonamides is 1. The van der Waals surface area contributed by atoms with Crippen LogP contribution in [0.3, 0.4) is 0 Å². The molecule has 25 heavy (non-hydrogen) atoms. The molecule has 0 aliphatic carbocycles. The van der Waals surface area contributed by atoms with Crippen molar-refractivity contribution in [2.45, 2.75) is 44.1 Å². The van der Waals surface area contributed by atoms with E-state index >= 15 is 0 Å². The third kappa shape index (κ3) is 5.84. The number of nitrogens with one attached hydrogen (secondary N) is 1. The average Bonchev–Trinajstić information content (AvgIpc) is 2.55. The average molecular weight is 366 g/mol. The molecule has 8 heteroatoms. The lowest BCUT2D eigenvalue weighted by Gasteiger charge is -2.31. The van der Waals surface area contributed by atoms with Gasteiger partial charge in [0.25, 0.3) is 0 Å². The maximum absolute atomic E-state index is 11.3. The number of allylic oxidation sites excluding steroid dienone is 1. The zero-order chi connectivity index (χ0) is 18.4. The van der Waals surface area contributed by atoms with Gasteiger partial charge in [0.2, 0.25) is 10.0 Å². The number of amidine groups is 1. The number of aliphatic imine (C=N–C) groups is 1. The summed E-state index contributed by atoms with van der Waals surface area (Å²) in [6.07, 6.45) is 4.21. The second-order valence-electron chi connectivity index (χ2n) is 6.08. The Morgan fingerprint density at radius 2 is 1.96 bits per heavy atom. The van der Waals surface area contributed by atoms with E-state index in [4.69, 9.17) is 5.14 Å². The summed E-state index contributed by atoms with van der Waals surface area (Å²) < 4.78 is 22.6. The maximum Gasteiger partial charge on any atom is 0.238 e. The van der Waals surface area contributed by atoms with E-state index in [1.807, 2.05) is 6.92 Å². The van der Waals surface area contributed by atoms with Crippen LogP contribution in [0, 0.1) is 0 Å². The Balaban J connectivity index is 2.08. The van der Waals surface area contributed by atoms with E-state index in [0.29, 0.717) is 5.84 Å². The highest BCUT2D eigenvalue weighted by molar-refractivity contribution is 7.89. The van der Waals surface area contributed by atoms with Gasteiger partial charge in [-0.25, -0.2) is 18.5 Å². The first kappa shape index (κ1) is 19.4. The SMILES string of the molecule is CC/C=C(\N=C(/C)Nc1ccc(S(N)(=O)=O)cc1)N1CCC(O)CC1. The van der Waals surface area contributed by atoms with Crippen LogP contribution >= 0.6 is 0 Å². The van der Waals surface area contributed by atoms with E-state index in [0.717, 1.165) is 43.9 Å². The third-order valence-corrected chi connectivity index (χ3v) is 4.89. The van der Waals surface area contributed by atoms with Crippen molar-refractivity contribution >= 4 is 21.5 Å². The van der Waals surface area contributed by atoms with Gasteiger partial charge in [0, 0.05) is 18.8 Å². The zero-order valence-electron chi connectivity index (χ0n) is 14.6. The van der Waals surface area contributed by atoms with Gasteiger partial charge in [0.05, 0.1) is 11.0 Å². The summed E-state index contributed by atoms with van der Waals surface area (Å²) in [6.45, 7) is 5.48. The minimum absolute atomic E-state index is 0.0751. The van der Waals surface area contributed by atoms with Crippen molar-refractivity contribution in [3.05, 3.63) is 36.2 Å². The van der Waals surface area contributed by atoms with Gasteiger partial charge in [0.1, 0.15) is 11.7 Å². The molecule has 0 radical (unpaired) electrons. The predicted molar refractivity (Wildman–Crippen MR) is 99.7 cm³/mol. The molecule has 0 aromatic heterocycles. The summed E-state index contributed by atoms with van der Waals surface area (Å²) in [7, 11) is -3.69. The number of aliphatic hydroxyl groups excluding tert-OH is 1. The van der Waals surface area contributed by atoms with Crippen LogP contribution < -0.4 is 10.5 Å². The van der Waals surface area contributed by atoms with Gasteiger partial charge in [0.15, 0.2) is 0 Å². The molecule has 1 heterocycles. The summed E-state index contributed by atoms with van der Waals surface area (Å²) in [5.41, 5.74) is 0.735. The molecule has 1 aliphatic rings. The van der Waals surface area contributed by atoms with E-state index in [-0.39, 0.29) is 11.0 Å². The van der Waals surface area contributed by atoms with Crippen molar-refractivity contribution in [2.75, 3.05) is 18.4 Å². The van der Waals surface area contributed by atoms with Crippen molar-refractivity contribution in [3.63, 3.8) is 0 Å². The Kier molecular flexibility index (Phi) is 6.57. The van der Waals surface area contributed by atoms with E-state index < -0.39 is 10.0 Å². The fourth-order valence-corrected chi connectivity index (χ4v) is 3.18. The Morgan fingerprint density at radius 3 is 2.48 bits per heavy atom. The minimum Gasteiger partial charge on any atom is -0.393 e. The van der Waals surface area contributed by atoms with Crippen molar-refractivity contribution in [3.8, 4) is 0 Å². The monoisotopic (exact) mass is 366 g/mol. The molecule has 2 rings (SSSR count). The third-order valence-electron chi connectivity index (χ3n) is 3.97. The first-order valence-corrected chi connectivity index (χ1v) is 9.92. The summed E-state index contributed by atoms with van der Waals surface area (Å²) in [5.74, 6) is 1.59. The Bertz CT molecular complexity index is 734. The largest absolute Gasteiger partial charge is 0.393 e. The van der Waals surface area contributed by atoms with Crippen LogP contribution in [0.15, 0.2) is 46.1 Å². The topological polar surface area (TPSA) is 108 Å². The maximum atomic E-state index is 11.3. The van der Waals surface area contributed by atoms with Crippen LogP contribution in [0.2, 0.25) is 0 Å². The lowest BCUT2D eigenvalue weighted by molar-refractivity contribution is 0.0965. The van der Waals surface area contributed by atoms with Crippen molar-refractivity contribution in [2.24, 2.45) is 10.1 Å². The van der Waals surface area contributed by atoms with Crippen LogP contribution in [-0.4, -0.2) is 43.5 Å². The molecule has 1 aliphatic heterocycles. The lowest BCUT2D eigenvalue weighted by atomic mass is 10.1. The molecule has 0 spiro atoms. The van der Waals surface area contributed by atoms with Crippen LogP contribution in [0.4, 0.5) is 5.69 Å².